The van der Waals surface area contributed by atoms with E-state index in [1.165, 1.54) is 45.3 Å². The number of hydrogen-bond donors (Lipinski definition) is 3. The number of piperazine rings is 1. The maximum absolute atomic E-state index is 6.49. The molecule has 0 spiro atoms. The molecule has 0 unspecified atom stereocenters. The lowest BCUT2D eigenvalue weighted by atomic mass is 9.85. The molecule has 0 amide bonds. The topological polar surface area (TPSA) is 68.9 Å². The van der Waals surface area contributed by atoms with Gasteiger partial charge in [-0.3, -0.25) is 0 Å². The number of nitrogens with zero attached hydrogens (tertiary/aromatic N) is 3. The lowest BCUT2D eigenvalue weighted by Crippen LogP contribution is -2.46. The quantitative estimate of drug-likeness (QED) is 0.574. The lowest BCUT2D eigenvalue weighted by molar-refractivity contribution is 0.178. The van der Waals surface area contributed by atoms with Crippen molar-refractivity contribution in [2.24, 2.45) is 5.92 Å². The maximum atomic E-state index is 6.49. The van der Waals surface area contributed by atoms with E-state index in [1.54, 1.807) is 6.20 Å². The van der Waals surface area contributed by atoms with E-state index in [0.29, 0.717) is 17.0 Å². The zero-order chi connectivity index (χ0) is 20.3. The van der Waals surface area contributed by atoms with Crippen LogP contribution < -0.4 is 10.6 Å². The van der Waals surface area contributed by atoms with Gasteiger partial charge in [-0.1, -0.05) is 36.2 Å². The second-order valence-corrected chi connectivity index (χ2v) is 8.97. The van der Waals surface area contributed by atoms with Gasteiger partial charge in [-0.05, 0) is 31.2 Å². The summed E-state index contributed by atoms with van der Waals surface area (Å²) in [7, 11) is 0. The van der Waals surface area contributed by atoms with Crippen LogP contribution in [0.1, 0.15) is 25.7 Å². The number of anilines is 1. The van der Waals surface area contributed by atoms with Crippen LogP contribution in [0.3, 0.4) is 0 Å². The Kier molecular flexibility index (Phi) is 5.88. The highest BCUT2D eigenvalue weighted by molar-refractivity contribution is 6.33. The van der Waals surface area contributed by atoms with Gasteiger partial charge in [-0.2, -0.15) is 0 Å². The van der Waals surface area contributed by atoms with Crippen LogP contribution in [0.25, 0.3) is 22.2 Å². The summed E-state index contributed by atoms with van der Waals surface area (Å²) >= 11 is 6.49. The predicted molar refractivity (Wildman–Crippen MR) is 123 cm³/mol. The van der Waals surface area contributed by atoms with Crippen LogP contribution in [0.15, 0.2) is 36.7 Å². The van der Waals surface area contributed by atoms with E-state index in [0.717, 1.165) is 41.2 Å². The molecule has 2 atom stereocenters. The number of H-pyrrole nitrogens is 1. The van der Waals surface area contributed by atoms with Crippen molar-refractivity contribution in [1.82, 2.24) is 25.2 Å². The summed E-state index contributed by atoms with van der Waals surface area (Å²) in [4.78, 5) is 15.2. The highest BCUT2D eigenvalue weighted by Gasteiger charge is 2.25. The average Bonchev–Trinajstić information content (AvgIpc) is 3.20. The van der Waals surface area contributed by atoms with Crippen molar-refractivity contribution < 1.29 is 0 Å². The number of benzene rings is 1. The van der Waals surface area contributed by atoms with Gasteiger partial charge in [0.2, 0.25) is 5.95 Å². The third-order valence-electron chi connectivity index (χ3n) is 6.43. The number of fused-ring (bicyclic) bond motifs is 1. The minimum Gasteiger partial charge on any atom is -0.360 e. The van der Waals surface area contributed by atoms with Gasteiger partial charge in [0.1, 0.15) is 0 Å². The Morgan fingerprint density at radius 2 is 2.03 bits per heavy atom. The van der Waals surface area contributed by atoms with Gasteiger partial charge in [-0.15, -0.1) is 0 Å². The molecule has 30 heavy (non-hydrogen) atoms. The van der Waals surface area contributed by atoms with Crippen LogP contribution >= 0.6 is 11.6 Å². The summed E-state index contributed by atoms with van der Waals surface area (Å²) in [5.74, 6) is 1.42. The Hall–Kier alpha value is -2.15. The van der Waals surface area contributed by atoms with Gasteiger partial charge in [0.15, 0.2) is 0 Å². The summed E-state index contributed by atoms with van der Waals surface area (Å²) in [6.07, 6.45) is 8.63. The van der Waals surface area contributed by atoms with E-state index in [2.05, 4.69) is 37.6 Å². The van der Waals surface area contributed by atoms with E-state index >= 15 is 0 Å². The zero-order valence-electron chi connectivity index (χ0n) is 17.2. The van der Waals surface area contributed by atoms with Gasteiger partial charge >= 0.3 is 0 Å². The molecule has 1 aromatic carbocycles. The van der Waals surface area contributed by atoms with Gasteiger partial charge in [0, 0.05) is 61.4 Å². The van der Waals surface area contributed by atoms with Gasteiger partial charge < -0.3 is 20.5 Å². The fraction of sp³-hybridized carbons (Fsp3) is 0.478. The molecule has 0 bridgehead atoms. The Morgan fingerprint density at radius 3 is 2.93 bits per heavy atom. The fourth-order valence-electron chi connectivity index (χ4n) is 4.92. The van der Waals surface area contributed by atoms with Crippen molar-refractivity contribution in [2.75, 3.05) is 38.0 Å². The fourth-order valence-corrected chi connectivity index (χ4v) is 5.12. The number of aromatic amines is 1. The molecular formula is C23H29ClN6. The molecule has 2 fully saturated rings. The normalized spacial score (nSPS) is 23.0. The van der Waals surface area contributed by atoms with Crippen LogP contribution in [0.5, 0.6) is 0 Å². The Labute approximate surface area is 182 Å². The second kappa shape index (κ2) is 8.92. The Balaban J connectivity index is 1.30. The molecule has 1 aliphatic heterocycles. The van der Waals surface area contributed by atoms with Crippen molar-refractivity contribution in [3.05, 3.63) is 41.7 Å². The number of para-hydroxylation sites is 1. The molecule has 5 rings (SSSR count). The summed E-state index contributed by atoms with van der Waals surface area (Å²) in [5.41, 5.74) is 2.88. The predicted octanol–water partition coefficient (Wildman–Crippen LogP) is 4.15. The molecule has 1 saturated heterocycles. The molecular weight excluding hydrogens is 396 g/mol. The van der Waals surface area contributed by atoms with E-state index in [4.69, 9.17) is 16.6 Å². The standard InChI is InChI=1S/C23H29ClN6/c24-20-14-27-23(29-22(20)19-13-26-21-7-2-1-6-18(19)21)28-17-5-3-4-16(12-17)15-30-10-8-25-9-11-30/h1-2,6-7,13-14,16-17,25-26H,3-5,8-12,15H2,(H,27,28,29)/t16-,17+/m0/s1. The third kappa shape index (κ3) is 4.31. The molecule has 1 aliphatic carbocycles. The van der Waals surface area contributed by atoms with Crippen LogP contribution in [0.4, 0.5) is 5.95 Å². The zero-order valence-corrected chi connectivity index (χ0v) is 18.0. The molecule has 3 N–H and O–H groups in total. The SMILES string of the molecule is Clc1cnc(N[C@@H]2CCC[C@H](CN3CCNCC3)C2)nc1-c1c[nH]c2ccccc12. The van der Waals surface area contributed by atoms with Gasteiger partial charge in [-0.25, -0.2) is 9.97 Å². The van der Waals surface area contributed by atoms with Crippen LogP contribution in [0, 0.1) is 5.92 Å². The van der Waals surface area contributed by atoms with E-state index in [1.807, 2.05) is 18.3 Å². The molecule has 6 nitrogen and oxygen atoms in total. The third-order valence-corrected chi connectivity index (χ3v) is 6.71. The number of rotatable bonds is 5. The first-order valence-corrected chi connectivity index (χ1v) is 11.4. The van der Waals surface area contributed by atoms with Crippen molar-refractivity contribution in [1.29, 1.82) is 0 Å². The number of aromatic nitrogens is 3. The first-order chi connectivity index (χ1) is 14.8. The summed E-state index contributed by atoms with van der Waals surface area (Å²) in [6, 6.07) is 8.64. The molecule has 3 heterocycles. The molecule has 3 aromatic rings. The van der Waals surface area contributed by atoms with Crippen molar-refractivity contribution in [2.45, 2.75) is 31.7 Å². The minimum atomic E-state index is 0.420. The van der Waals surface area contributed by atoms with Crippen LogP contribution in [-0.4, -0.2) is 58.6 Å². The molecule has 0 radical (unpaired) electrons. The largest absolute Gasteiger partial charge is 0.360 e. The highest BCUT2D eigenvalue weighted by Crippen LogP contribution is 2.33. The van der Waals surface area contributed by atoms with Crippen LogP contribution in [0.2, 0.25) is 5.02 Å². The summed E-state index contributed by atoms with van der Waals surface area (Å²) < 4.78 is 0. The summed E-state index contributed by atoms with van der Waals surface area (Å²) in [5, 5.41) is 8.74. The first-order valence-electron chi connectivity index (χ1n) is 11.0. The lowest BCUT2D eigenvalue weighted by Gasteiger charge is -2.35. The average molecular weight is 425 g/mol. The second-order valence-electron chi connectivity index (χ2n) is 8.56. The monoisotopic (exact) mass is 424 g/mol. The van der Waals surface area contributed by atoms with Crippen molar-refractivity contribution in [3.8, 4) is 11.3 Å². The minimum absolute atomic E-state index is 0.420. The molecule has 1 saturated carbocycles. The van der Waals surface area contributed by atoms with Gasteiger partial charge in [0.25, 0.3) is 0 Å². The van der Waals surface area contributed by atoms with Gasteiger partial charge in [0.05, 0.1) is 16.9 Å². The number of nitrogens with one attached hydrogen (secondary N) is 3. The maximum Gasteiger partial charge on any atom is 0.223 e. The first kappa shape index (κ1) is 19.8. The van der Waals surface area contributed by atoms with E-state index in [-0.39, 0.29) is 0 Å². The van der Waals surface area contributed by atoms with E-state index in [9.17, 15) is 0 Å². The molecule has 2 aromatic heterocycles. The summed E-state index contributed by atoms with van der Waals surface area (Å²) in [6.45, 7) is 5.78. The molecule has 2 aliphatic rings. The smallest absolute Gasteiger partial charge is 0.223 e. The number of hydrogen-bond acceptors (Lipinski definition) is 5. The van der Waals surface area contributed by atoms with Crippen LogP contribution in [-0.2, 0) is 0 Å². The molecule has 158 valence electrons. The van der Waals surface area contributed by atoms with E-state index < -0.39 is 0 Å². The Morgan fingerprint density at radius 1 is 1.17 bits per heavy atom. The highest BCUT2D eigenvalue weighted by atomic mass is 35.5. The van der Waals surface area contributed by atoms with Crippen molar-refractivity contribution >= 4 is 28.5 Å². The molecule has 7 heteroatoms. The Bertz CT molecular complexity index is 996. The van der Waals surface area contributed by atoms with Crippen molar-refractivity contribution in [3.63, 3.8) is 0 Å². The number of halogens is 1.